The van der Waals surface area contributed by atoms with E-state index in [4.69, 9.17) is 0 Å². The third-order valence-corrected chi connectivity index (χ3v) is 6.81. The first-order chi connectivity index (χ1) is 10.0. The molecule has 0 aromatic carbocycles. The van der Waals surface area contributed by atoms with E-state index in [1.54, 1.807) is 4.31 Å². The van der Waals surface area contributed by atoms with Gasteiger partial charge in [0.1, 0.15) is 0 Å². The SMILES string of the molecule is CCCNCC1CCCCN1S(=O)(=O)NC1(CC)CCC1. The Balaban J connectivity index is 2.01. The van der Waals surface area contributed by atoms with E-state index in [-0.39, 0.29) is 11.6 Å². The predicted octanol–water partition coefficient (Wildman–Crippen LogP) is 2.01. The van der Waals surface area contributed by atoms with Crippen LogP contribution in [0.5, 0.6) is 0 Å². The highest BCUT2D eigenvalue weighted by Crippen LogP contribution is 2.36. The Bertz CT molecular complexity index is 415. The number of rotatable bonds is 8. The first kappa shape index (κ1) is 17.2. The van der Waals surface area contributed by atoms with Crippen LogP contribution in [0.3, 0.4) is 0 Å². The van der Waals surface area contributed by atoms with Crippen LogP contribution in [-0.4, -0.2) is 43.9 Å². The first-order valence-electron chi connectivity index (χ1n) is 8.54. The average Bonchev–Trinajstić information content (AvgIpc) is 2.44. The molecular formula is C15H31N3O2S. The smallest absolute Gasteiger partial charge is 0.280 e. The van der Waals surface area contributed by atoms with E-state index in [1.165, 1.54) is 0 Å². The highest BCUT2D eigenvalue weighted by Gasteiger charge is 2.42. The number of hydrogen-bond acceptors (Lipinski definition) is 3. The van der Waals surface area contributed by atoms with Crippen molar-refractivity contribution in [3.8, 4) is 0 Å². The zero-order valence-electron chi connectivity index (χ0n) is 13.5. The van der Waals surface area contributed by atoms with Gasteiger partial charge in [-0.1, -0.05) is 20.3 Å². The van der Waals surface area contributed by atoms with Gasteiger partial charge in [0, 0.05) is 24.7 Å². The second-order valence-electron chi connectivity index (χ2n) is 6.56. The Hall–Kier alpha value is -0.170. The molecule has 2 rings (SSSR count). The standard InChI is InChI=1S/C15H31N3O2S/c1-3-11-16-13-14-8-5-6-12-18(14)21(19,20)17-15(4-2)9-7-10-15/h14,16-17H,3-13H2,1-2H3. The van der Waals surface area contributed by atoms with Crippen LogP contribution in [0.2, 0.25) is 0 Å². The maximum Gasteiger partial charge on any atom is 0.280 e. The van der Waals surface area contributed by atoms with Crippen LogP contribution in [0.25, 0.3) is 0 Å². The molecule has 1 atom stereocenters. The molecule has 6 heteroatoms. The number of nitrogens with zero attached hydrogens (tertiary/aromatic N) is 1. The van der Waals surface area contributed by atoms with Gasteiger partial charge in [-0.2, -0.15) is 17.4 Å². The molecule has 1 heterocycles. The summed E-state index contributed by atoms with van der Waals surface area (Å²) in [4.78, 5) is 0. The van der Waals surface area contributed by atoms with Crippen molar-refractivity contribution in [3.63, 3.8) is 0 Å². The lowest BCUT2D eigenvalue weighted by molar-refractivity contribution is 0.194. The second-order valence-corrected chi connectivity index (χ2v) is 8.18. The Morgan fingerprint density at radius 2 is 1.95 bits per heavy atom. The van der Waals surface area contributed by atoms with Gasteiger partial charge in [0.25, 0.3) is 10.2 Å². The maximum atomic E-state index is 12.8. The zero-order chi connectivity index (χ0) is 15.3. The molecule has 1 unspecified atom stereocenters. The van der Waals surface area contributed by atoms with Gasteiger partial charge in [0.05, 0.1) is 0 Å². The first-order valence-corrected chi connectivity index (χ1v) is 9.98. The van der Waals surface area contributed by atoms with Crippen molar-refractivity contribution in [3.05, 3.63) is 0 Å². The predicted molar refractivity (Wildman–Crippen MR) is 86.4 cm³/mol. The van der Waals surface area contributed by atoms with Gasteiger partial charge >= 0.3 is 0 Å². The van der Waals surface area contributed by atoms with Gasteiger partial charge < -0.3 is 5.32 Å². The summed E-state index contributed by atoms with van der Waals surface area (Å²) < 4.78 is 30.3. The van der Waals surface area contributed by atoms with E-state index in [2.05, 4.69) is 23.9 Å². The minimum atomic E-state index is -3.36. The molecular weight excluding hydrogens is 286 g/mol. The van der Waals surface area contributed by atoms with Gasteiger partial charge in [0.2, 0.25) is 0 Å². The van der Waals surface area contributed by atoms with E-state index in [0.717, 1.165) is 64.5 Å². The van der Waals surface area contributed by atoms with E-state index < -0.39 is 10.2 Å². The minimum absolute atomic E-state index is 0.108. The van der Waals surface area contributed by atoms with Crippen LogP contribution in [0, 0.1) is 0 Å². The summed E-state index contributed by atoms with van der Waals surface area (Å²) in [5.74, 6) is 0. The lowest BCUT2D eigenvalue weighted by Crippen LogP contribution is -2.60. The van der Waals surface area contributed by atoms with Crippen molar-refractivity contribution in [1.82, 2.24) is 14.3 Å². The lowest BCUT2D eigenvalue weighted by atomic mass is 9.76. The van der Waals surface area contributed by atoms with Crippen molar-refractivity contribution < 1.29 is 8.42 Å². The van der Waals surface area contributed by atoms with Crippen molar-refractivity contribution in [1.29, 1.82) is 0 Å². The van der Waals surface area contributed by atoms with Crippen LogP contribution < -0.4 is 10.0 Å². The topological polar surface area (TPSA) is 61.4 Å². The molecule has 1 saturated carbocycles. The normalized spacial score (nSPS) is 26.5. The fourth-order valence-electron chi connectivity index (χ4n) is 3.40. The fourth-order valence-corrected chi connectivity index (χ4v) is 5.36. The van der Waals surface area contributed by atoms with E-state index in [1.807, 2.05) is 0 Å². The molecule has 2 fully saturated rings. The second kappa shape index (κ2) is 7.40. The molecule has 0 spiro atoms. The van der Waals surface area contributed by atoms with Crippen molar-refractivity contribution in [2.75, 3.05) is 19.6 Å². The number of piperidine rings is 1. The van der Waals surface area contributed by atoms with Gasteiger partial charge in [-0.15, -0.1) is 0 Å². The minimum Gasteiger partial charge on any atom is -0.315 e. The van der Waals surface area contributed by atoms with Crippen molar-refractivity contribution in [2.45, 2.75) is 76.8 Å². The summed E-state index contributed by atoms with van der Waals surface area (Å²) in [7, 11) is -3.36. The molecule has 0 aromatic heterocycles. The molecule has 0 radical (unpaired) electrons. The third kappa shape index (κ3) is 4.18. The highest BCUT2D eigenvalue weighted by atomic mass is 32.2. The van der Waals surface area contributed by atoms with Crippen LogP contribution in [0.4, 0.5) is 0 Å². The largest absolute Gasteiger partial charge is 0.315 e. The summed E-state index contributed by atoms with van der Waals surface area (Å²) in [5, 5.41) is 3.38. The molecule has 0 aromatic rings. The Morgan fingerprint density at radius 3 is 2.52 bits per heavy atom. The van der Waals surface area contributed by atoms with Gasteiger partial charge in [-0.25, -0.2) is 0 Å². The Kier molecular flexibility index (Phi) is 6.05. The molecule has 1 aliphatic heterocycles. The average molecular weight is 317 g/mol. The molecule has 2 N–H and O–H groups in total. The monoisotopic (exact) mass is 317 g/mol. The summed E-state index contributed by atoms with van der Waals surface area (Å²) in [6.07, 6.45) is 8.14. The van der Waals surface area contributed by atoms with E-state index in [9.17, 15) is 8.42 Å². The van der Waals surface area contributed by atoms with Gasteiger partial charge in [-0.05, 0) is 51.5 Å². The van der Waals surface area contributed by atoms with E-state index >= 15 is 0 Å². The molecule has 1 aliphatic carbocycles. The molecule has 124 valence electrons. The molecule has 1 saturated heterocycles. The summed E-state index contributed by atoms with van der Waals surface area (Å²) in [6, 6.07) is 0.108. The van der Waals surface area contributed by atoms with Crippen LogP contribution in [0.1, 0.15) is 65.2 Å². The quantitative estimate of drug-likeness (QED) is 0.673. The summed E-state index contributed by atoms with van der Waals surface area (Å²) in [6.45, 7) is 6.60. The number of hydrogen-bond donors (Lipinski definition) is 2. The number of nitrogens with one attached hydrogen (secondary N) is 2. The lowest BCUT2D eigenvalue weighted by Gasteiger charge is -2.44. The van der Waals surface area contributed by atoms with Gasteiger partial charge in [-0.3, -0.25) is 0 Å². The Morgan fingerprint density at radius 1 is 1.19 bits per heavy atom. The van der Waals surface area contributed by atoms with Crippen LogP contribution in [-0.2, 0) is 10.2 Å². The van der Waals surface area contributed by atoms with Crippen LogP contribution >= 0.6 is 0 Å². The van der Waals surface area contributed by atoms with Crippen LogP contribution in [0.15, 0.2) is 0 Å². The fraction of sp³-hybridized carbons (Fsp3) is 1.00. The Labute approximate surface area is 130 Å². The summed E-state index contributed by atoms with van der Waals surface area (Å²) in [5.41, 5.74) is -0.169. The molecule has 21 heavy (non-hydrogen) atoms. The maximum absolute atomic E-state index is 12.8. The van der Waals surface area contributed by atoms with E-state index in [0.29, 0.717) is 6.54 Å². The van der Waals surface area contributed by atoms with Crippen molar-refractivity contribution >= 4 is 10.2 Å². The molecule has 0 amide bonds. The molecule has 5 nitrogen and oxygen atoms in total. The molecule has 0 bridgehead atoms. The summed E-state index contributed by atoms with van der Waals surface area (Å²) >= 11 is 0. The molecule has 2 aliphatic rings. The van der Waals surface area contributed by atoms with Gasteiger partial charge in [0.15, 0.2) is 0 Å². The zero-order valence-corrected chi connectivity index (χ0v) is 14.3. The third-order valence-electron chi connectivity index (χ3n) is 5.02. The van der Waals surface area contributed by atoms with Crippen molar-refractivity contribution in [2.24, 2.45) is 0 Å². The highest BCUT2D eigenvalue weighted by molar-refractivity contribution is 7.87.